The van der Waals surface area contributed by atoms with E-state index in [1.165, 1.54) is 0 Å². The van der Waals surface area contributed by atoms with Gasteiger partial charge in [0.05, 0.1) is 6.04 Å². The Morgan fingerprint density at radius 2 is 1.73 bits per heavy atom. The number of amides is 1. The Morgan fingerprint density at radius 1 is 1.04 bits per heavy atom. The van der Waals surface area contributed by atoms with Gasteiger partial charge in [0, 0.05) is 44.1 Å². The topological polar surface area (TPSA) is 75.5 Å². The average Bonchev–Trinajstić information content (AvgIpc) is 3.16. The summed E-state index contributed by atoms with van der Waals surface area (Å²) in [6.07, 6.45) is 5.20. The Bertz CT molecular complexity index is 853. The molecule has 1 aromatic carbocycles. The molecule has 3 heterocycles. The molecule has 1 amide bonds. The van der Waals surface area contributed by atoms with Crippen LogP contribution in [-0.2, 0) is 10.0 Å². The van der Waals surface area contributed by atoms with E-state index in [2.05, 4.69) is 5.10 Å². The van der Waals surface area contributed by atoms with Gasteiger partial charge in [-0.3, -0.25) is 9.48 Å². The number of carbonyl (C=O) groups excluding carboxylic acids is 1. The average molecular weight is 374 g/mol. The van der Waals surface area contributed by atoms with Gasteiger partial charge in [0.25, 0.3) is 5.91 Å². The van der Waals surface area contributed by atoms with E-state index in [-0.39, 0.29) is 25.0 Å². The van der Waals surface area contributed by atoms with Crippen LogP contribution in [0.3, 0.4) is 0 Å². The second-order valence-electron chi connectivity index (χ2n) is 6.86. The maximum absolute atomic E-state index is 12.8. The zero-order valence-corrected chi connectivity index (χ0v) is 15.3. The highest BCUT2D eigenvalue weighted by Crippen LogP contribution is 2.28. The molecule has 0 spiro atoms. The highest BCUT2D eigenvalue weighted by Gasteiger charge is 2.43. The lowest BCUT2D eigenvalue weighted by molar-refractivity contribution is 0.0654. The standard InChI is InChI=1S/C18H22N4O3S/c23-18(15-5-2-1-3-6-15)20-13-17(14-20)26(24,25)21-11-7-16(8-12-21)22-10-4-9-19-22/h1-6,9-10,16-17H,7-8,11-14H2. The SMILES string of the molecule is O=C(c1ccccc1)N1CC(S(=O)(=O)N2CCC(n3cccn3)CC2)C1. The molecule has 0 atom stereocenters. The number of nitrogens with zero attached hydrogens (tertiary/aromatic N) is 4. The number of benzene rings is 1. The minimum absolute atomic E-state index is 0.102. The van der Waals surface area contributed by atoms with Crippen molar-refractivity contribution in [2.45, 2.75) is 24.1 Å². The Balaban J connectivity index is 1.33. The van der Waals surface area contributed by atoms with Crippen LogP contribution in [0, 0.1) is 0 Å². The maximum Gasteiger partial charge on any atom is 0.253 e. The molecule has 0 radical (unpaired) electrons. The van der Waals surface area contributed by atoms with Crippen molar-refractivity contribution in [3.63, 3.8) is 0 Å². The minimum Gasteiger partial charge on any atom is -0.336 e. The zero-order chi connectivity index (χ0) is 18.1. The van der Waals surface area contributed by atoms with Crippen LogP contribution in [0.15, 0.2) is 48.8 Å². The van der Waals surface area contributed by atoms with Crippen molar-refractivity contribution in [2.75, 3.05) is 26.2 Å². The zero-order valence-electron chi connectivity index (χ0n) is 14.4. The molecule has 2 saturated heterocycles. The number of hydrogen-bond acceptors (Lipinski definition) is 4. The summed E-state index contributed by atoms with van der Waals surface area (Å²) in [6, 6.07) is 11.1. The van der Waals surface area contributed by atoms with Crippen LogP contribution in [0.5, 0.6) is 0 Å². The molecular formula is C18H22N4O3S. The van der Waals surface area contributed by atoms with E-state index in [1.54, 1.807) is 27.5 Å². The van der Waals surface area contributed by atoms with E-state index in [1.807, 2.05) is 35.1 Å². The van der Waals surface area contributed by atoms with Gasteiger partial charge in [0.2, 0.25) is 10.0 Å². The van der Waals surface area contributed by atoms with Crippen molar-refractivity contribution < 1.29 is 13.2 Å². The van der Waals surface area contributed by atoms with Gasteiger partial charge >= 0.3 is 0 Å². The molecule has 7 nitrogen and oxygen atoms in total. The molecule has 0 unspecified atom stereocenters. The van der Waals surface area contributed by atoms with Crippen molar-refractivity contribution in [1.82, 2.24) is 19.0 Å². The highest BCUT2D eigenvalue weighted by molar-refractivity contribution is 7.89. The van der Waals surface area contributed by atoms with Crippen LogP contribution in [0.4, 0.5) is 0 Å². The summed E-state index contributed by atoms with van der Waals surface area (Å²) >= 11 is 0. The van der Waals surface area contributed by atoms with Gasteiger partial charge in [-0.05, 0) is 31.0 Å². The number of sulfonamides is 1. The summed E-state index contributed by atoms with van der Waals surface area (Å²) in [5, 5.41) is 3.76. The maximum atomic E-state index is 12.8. The predicted molar refractivity (Wildman–Crippen MR) is 97.1 cm³/mol. The third kappa shape index (κ3) is 3.14. The predicted octanol–water partition coefficient (Wildman–Crippen LogP) is 1.37. The normalized spacial score (nSPS) is 20.1. The summed E-state index contributed by atoms with van der Waals surface area (Å²) in [4.78, 5) is 14.0. The fourth-order valence-electron chi connectivity index (χ4n) is 3.62. The molecule has 2 aliphatic heterocycles. The number of aromatic nitrogens is 2. The molecule has 1 aromatic heterocycles. The van der Waals surface area contributed by atoms with Gasteiger partial charge in [0.1, 0.15) is 5.25 Å². The van der Waals surface area contributed by atoms with Crippen LogP contribution < -0.4 is 0 Å². The first kappa shape index (κ1) is 17.2. The van der Waals surface area contributed by atoms with Crippen LogP contribution in [0.1, 0.15) is 29.2 Å². The molecule has 2 fully saturated rings. The van der Waals surface area contributed by atoms with Gasteiger partial charge in [0.15, 0.2) is 0 Å². The molecule has 2 aliphatic rings. The van der Waals surface area contributed by atoms with Crippen molar-refractivity contribution in [3.8, 4) is 0 Å². The first-order valence-corrected chi connectivity index (χ1v) is 10.4. The molecule has 138 valence electrons. The number of likely N-dealkylation sites (tertiary alicyclic amines) is 1. The lowest BCUT2D eigenvalue weighted by Crippen LogP contribution is -2.60. The second-order valence-corrected chi connectivity index (χ2v) is 9.07. The van der Waals surface area contributed by atoms with Gasteiger partial charge in [-0.25, -0.2) is 12.7 Å². The van der Waals surface area contributed by atoms with Gasteiger partial charge in [-0.15, -0.1) is 0 Å². The van der Waals surface area contributed by atoms with Crippen LogP contribution >= 0.6 is 0 Å². The molecule has 0 saturated carbocycles. The Kier molecular flexibility index (Phi) is 4.54. The van der Waals surface area contributed by atoms with Crippen LogP contribution in [0.2, 0.25) is 0 Å². The van der Waals surface area contributed by atoms with E-state index in [0.29, 0.717) is 18.7 Å². The second kappa shape index (κ2) is 6.85. The number of hydrogen-bond donors (Lipinski definition) is 0. The van der Waals surface area contributed by atoms with E-state index in [4.69, 9.17) is 0 Å². The number of piperidine rings is 1. The van der Waals surface area contributed by atoms with Crippen molar-refractivity contribution in [1.29, 1.82) is 0 Å². The van der Waals surface area contributed by atoms with E-state index in [0.717, 1.165) is 12.8 Å². The van der Waals surface area contributed by atoms with Crippen LogP contribution in [0.25, 0.3) is 0 Å². The molecule has 0 bridgehead atoms. The van der Waals surface area contributed by atoms with Crippen molar-refractivity contribution in [2.24, 2.45) is 0 Å². The molecule has 0 aliphatic carbocycles. The Hall–Kier alpha value is -2.19. The summed E-state index contributed by atoms with van der Waals surface area (Å²) < 4.78 is 29.2. The molecule has 26 heavy (non-hydrogen) atoms. The van der Waals surface area contributed by atoms with Crippen LogP contribution in [-0.4, -0.2) is 64.7 Å². The van der Waals surface area contributed by atoms with E-state index in [9.17, 15) is 13.2 Å². The van der Waals surface area contributed by atoms with Crippen molar-refractivity contribution in [3.05, 3.63) is 54.4 Å². The summed E-state index contributed by atoms with van der Waals surface area (Å²) in [6.45, 7) is 1.57. The molecule has 0 N–H and O–H groups in total. The lowest BCUT2D eigenvalue weighted by atomic mass is 10.1. The summed E-state index contributed by atoms with van der Waals surface area (Å²) in [5.41, 5.74) is 0.600. The lowest BCUT2D eigenvalue weighted by Gasteiger charge is -2.42. The van der Waals surface area contributed by atoms with Crippen molar-refractivity contribution >= 4 is 15.9 Å². The molecular weight excluding hydrogens is 352 g/mol. The molecule has 8 heteroatoms. The Labute approximate surface area is 153 Å². The fraction of sp³-hybridized carbons (Fsp3) is 0.444. The Morgan fingerprint density at radius 3 is 2.35 bits per heavy atom. The molecule has 2 aromatic rings. The summed E-state index contributed by atoms with van der Waals surface area (Å²) in [5.74, 6) is -0.102. The molecule has 4 rings (SSSR count). The number of rotatable bonds is 4. The minimum atomic E-state index is -3.36. The third-order valence-electron chi connectivity index (χ3n) is 5.26. The van der Waals surface area contributed by atoms with Gasteiger partial charge in [-0.1, -0.05) is 18.2 Å². The smallest absolute Gasteiger partial charge is 0.253 e. The number of carbonyl (C=O) groups is 1. The van der Waals surface area contributed by atoms with E-state index < -0.39 is 15.3 Å². The monoisotopic (exact) mass is 374 g/mol. The fourth-order valence-corrected chi connectivity index (χ4v) is 5.50. The summed E-state index contributed by atoms with van der Waals surface area (Å²) in [7, 11) is -3.36. The highest BCUT2D eigenvalue weighted by atomic mass is 32.2. The largest absolute Gasteiger partial charge is 0.336 e. The van der Waals surface area contributed by atoms with Gasteiger partial charge < -0.3 is 4.90 Å². The quantitative estimate of drug-likeness (QED) is 0.810. The first-order chi connectivity index (χ1) is 12.6. The third-order valence-corrected chi connectivity index (χ3v) is 7.49. The van der Waals surface area contributed by atoms with E-state index >= 15 is 0 Å². The van der Waals surface area contributed by atoms with Gasteiger partial charge in [-0.2, -0.15) is 5.10 Å². The first-order valence-electron chi connectivity index (χ1n) is 8.88.